The fourth-order valence-electron chi connectivity index (χ4n) is 2.61. The second-order valence-corrected chi connectivity index (χ2v) is 5.50. The molecule has 1 heterocycles. The number of nitrogens with zero attached hydrogens (tertiary/aromatic N) is 1. The van der Waals surface area contributed by atoms with E-state index in [-0.39, 0.29) is 5.91 Å². The zero-order valence-corrected chi connectivity index (χ0v) is 12.4. The molecule has 0 radical (unpaired) electrons. The average Bonchev–Trinajstić information content (AvgIpc) is 2.98. The first-order chi connectivity index (χ1) is 9.69. The maximum atomic E-state index is 12.1. The topological polar surface area (TPSA) is 41.6 Å². The summed E-state index contributed by atoms with van der Waals surface area (Å²) in [5.41, 5.74) is 1.10. The predicted molar refractivity (Wildman–Crippen MR) is 79.7 cm³/mol. The highest BCUT2D eigenvalue weighted by molar-refractivity contribution is 5.75. The van der Waals surface area contributed by atoms with Gasteiger partial charge in [-0.2, -0.15) is 0 Å². The van der Waals surface area contributed by atoms with E-state index in [0.29, 0.717) is 18.9 Å². The van der Waals surface area contributed by atoms with Crippen LogP contribution < -0.4 is 10.1 Å². The highest BCUT2D eigenvalue weighted by Gasteiger charge is 2.17. The van der Waals surface area contributed by atoms with Crippen LogP contribution in [-0.2, 0) is 11.3 Å². The third-order valence-electron chi connectivity index (χ3n) is 3.91. The number of ether oxygens (including phenoxy) is 1. The van der Waals surface area contributed by atoms with Crippen molar-refractivity contribution in [3.8, 4) is 5.75 Å². The van der Waals surface area contributed by atoms with Crippen molar-refractivity contribution in [1.82, 2.24) is 10.2 Å². The summed E-state index contributed by atoms with van der Waals surface area (Å²) in [5.74, 6) is 1.73. The number of benzene rings is 1. The summed E-state index contributed by atoms with van der Waals surface area (Å²) in [6.07, 6.45) is 2.84. The van der Waals surface area contributed by atoms with Gasteiger partial charge in [0, 0.05) is 20.0 Å². The molecule has 1 fully saturated rings. The van der Waals surface area contributed by atoms with Crippen molar-refractivity contribution in [1.29, 1.82) is 0 Å². The average molecular weight is 276 g/mol. The van der Waals surface area contributed by atoms with Crippen LogP contribution in [0, 0.1) is 5.92 Å². The number of carbonyl (C=O) groups is 1. The van der Waals surface area contributed by atoms with Gasteiger partial charge in [0.15, 0.2) is 0 Å². The monoisotopic (exact) mass is 276 g/mol. The summed E-state index contributed by atoms with van der Waals surface area (Å²) in [7, 11) is 3.53. The van der Waals surface area contributed by atoms with Gasteiger partial charge in [0.25, 0.3) is 0 Å². The Bertz CT molecular complexity index is 442. The Labute approximate surface area is 121 Å². The minimum absolute atomic E-state index is 0.222. The minimum atomic E-state index is 0.222. The maximum absolute atomic E-state index is 12.1. The van der Waals surface area contributed by atoms with Crippen molar-refractivity contribution >= 4 is 5.91 Å². The summed E-state index contributed by atoms with van der Waals surface area (Å²) in [4.78, 5) is 13.9. The number of hydrogen-bond donors (Lipinski definition) is 1. The number of carbonyl (C=O) groups excluding carboxylic acids is 1. The standard InChI is InChI=1S/C16H24N2O2/c1-18(12-14-4-3-5-15(10-14)20-2)16(19)7-6-13-8-9-17-11-13/h3-5,10,13,17H,6-9,11-12H2,1-2H3. The second kappa shape index (κ2) is 7.29. The SMILES string of the molecule is COc1cccc(CN(C)C(=O)CCC2CCNC2)c1. The first kappa shape index (κ1) is 14.9. The third-order valence-corrected chi connectivity index (χ3v) is 3.91. The second-order valence-electron chi connectivity index (χ2n) is 5.50. The summed E-state index contributed by atoms with van der Waals surface area (Å²) in [6.45, 7) is 2.80. The van der Waals surface area contributed by atoms with Gasteiger partial charge < -0.3 is 15.0 Å². The fourth-order valence-corrected chi connectivity index (χ4v) is 2.61. The van der Waals surface area contributed by atoms with E-state index in [0.717, 1.165) is 30.8 Å². The highest BCUT2D eigenvalue weighted by atomic mass is 16.5. The molecule has 0 aliphatic carbocycles. The van der Waals surface area contributed by atoms with Crippen LogP contribution in [0.15, 0.2) is 24.3 Å². The molecule has 1 atom stereocenters. The van der Waals surface area contributed by atoms with Crippen molar-refractivity contribution in [3.05, 3.63) is 29.8 Å². The molecule has 4 heteroatoms. The van der Waals surface area contributed by atoms with E-state index in [9.17, 15) is 4.79 Å². The van der Waals surface area contributed by atoms with Gasteiger partial charge in [0.05, 0.1) is 7.11 Å². The van der Waals surface area contributed by atoms with Crippen molar-refractivity contribution in [2.45, 2.75) is 25.8 Å². The largest absolute Gasteiger partial charge is 0.497 e. The summed E-state index contributed by atoms with van der Waals surface area (Å²) in [5, 5.41) is 3.34. The molecule has 1 aromatic carbocycles. The normalized spacial score (nSPS) is 18.0. The minimum Gasteiger partial charge on any atom is -0.497 e. The number of hydrogen-bond acceptors (Lipinski definition) is 3. The van der Waals surface area contributed by atoms with E-state index in [1.54, 1.807) is 12.0 Å². The van der Waals surface area contributed by atoms with Crippen LogP contribution in [0.25, 0.3) is 0 Å². The Morgan fingerprint density at radius 3 is 3.05 bits per heavy atom. The van der Waals surface area contributed by atoms with E-state index in [1.807, 2.05) is 31.3 Å². The van der Waals surface area contributed by atoms with Gasteiger partial charge in [-0.25, -0.2) is 0 Å². The zero-order valence-electron chi connectivity index (χ0n) is 12.4. The Morgan fingerprint density at radius 2 is 2.35 bits per heavy atom. The summed E-state index contributed by atoms with van der Waals surface area (Å²) >= 11 is 0. The number of rotatable bonds is 6. The van der Waals surface area contributed by atoms with Crippen LogP contribution >= 0.6 is 0 Å². The van der Waals surface area contributed by atoms with Crippen LogP contribution in [0.5, 0.6) is 5.75 Å². The molecule has 4 nitrogen and oxygen atoms in total. The molecule has 1 amide bonds. The van der Waals surface area contributed by atoms with Gasteiger partial charge in [-0.3, -0.25) is 4.79 Å². The van der Waals surface area contributed by atoms with Gasteiger partial charge >= 0.3 is 0 Å². The lowest BCUT2D eigenvalue weighted by Crippen LogP contribution is -2.26. The van der Waals surface area contributed by atoms with E-state index < -0.39 is 0 Å². The lowest BCUT2D eigenvalue weighted by molar-refractivity contribution is -0.130. The van der Waals surface area contributed by atoms with Gasteiger partial charge in [0.1, 0.15) is 5.75 Å². The Hall–Kier alpha value is -1.55. The Balaban J connectivity index is 1.80. The number of methoxy groups -OCH3 is 1. The number of amides is 1. The molecule has 1 aromatic rings. The van der Waals surface area contributed by atoms with E-state index in [4.69, 9.17) is 4.74 Å². The van der Waals surface area contributed by atoms with Gasteiger partial charge in [-0.05, 0) is 49.5 Å². The Morgan fingerprint density at radius 1 is 1.50 bits per heavy atom. The number of nitrogens with one attached hydrogen (secondary N) is 1. The zero-order chi connectivity index (χ0) is 14.4. The predicted octanol–water partition coefficient (Wildman–Crippen LogP) is 2.04. The highest BCUT2D eigenvalue weighted by Crippen LogP contribution is 2.17. The summed E-state index contributed by atoms with van der Waals surface area (Å²) in [6, 6.07) is 7.87. The molecule has 0 saturated carbocycles. The molecule has 1 saturated heterocycles. The molecular formula is C16H24N2O2. The fraction of sp³-hybridized carbons (Fsp3) is 0.562. The molecule has 1 aliphatic rings. The molecule has 110 valence electrons. The smallest absolute Gasteiger partial charge is 0.222 e. The van der Waals surface area contributed by atoms with Crippen LogP contribution in [-0.4, -0.2) is 38.1 Å². The van der Waals surface area contributed by atoms with E-state index in [1.165, 1.54) is 6.42 Å². The quantitative estimate of drug-likeness (QED) is 0.864. The van der Waals surface area contributed by atoms with Crippen molar-refractivity contribution in [2.75, 3.05) is 27.2 Å². The van der Waals surface area contributed by atoms with Gasteiger partial charge in [-0.15, -0.1) is 0 Å². The molecule has 0 spiro atoms. The first-order valence-corrected chi connectivity index (χ1v) is 7.26. The Kier molecular flexibility index (Phi) is 5.41. The first-order valence-electron chi connectivity index (χ1n) is 7.26. The summed E-state index contributed by atoms with van der Waals surface area (Å²) < 4.78 is 5.20. The molecule has 1 N–H and O–H groups in total. The molecule has 1 aliphatic heterocycles. The van der Waals surface area contributed by atoms with Crippen LogP contribution in [0.1, 0.15) is 24.8 Å². The van der Waals surface area contributed by atoms with Crippen molar-refractivity contribution < 1.29 is 9.53 Å². The van der Waals surface area contributed by atoms with Crippen LogP contribution in [0.3, 0.4) is 0 Å². The lowest BCUT2D eigenvalue weighted by atomic mass is 10.0. The lowest BCUT2D eigenvalue weighted by Gasteiger charge is -2.18. The molecule has 0 bridgehead atoms. The molecule has 0 aromatic heterocycles. The van der Waals surface area contributed by atoms with Crippen molar-refractivity contribution in [2.24, 2.45) is 5.92 Å². The van der Waals surface area contributed by atoms with Crippen molar-refractivity contribution in [3.63, 3.8) is 0 Å². The maximum Gasteiger partial charge on any atom is 0.222 e. The van der Waals surface area contributed by atoms with Crippen LogP contribution in [0.2, 0.25) is 0 Å². The third kappa shape index (κ3) is 4.23. The van der Waals surface area contributed by atoms with E-state index >= 15 is 0 Å². The molecule has 2 rings (SSSR count). The van der Waals surface area contributed by atoms with Gasteiger partial charge in [-0.1, -0.05) is 12.1 Å². The molecule has 1 unspecified atom stereocenters. The molecular weight excluding hydrogens is 252 g/mol. The van der Waals surface area contributed by atoms with Crippen LogP contribution in [0.4, 0.5) is 0 Å². The van der Waals surface area contributed by atoms with E-state index in [2.05, 4.69) is 5.32 Å². The van der Waals surface area contributed by atoms with Gasteiger partial charge in [0.2, 0.25) is 5.91 Å². The molecule has 20 heavy (non-hydrogen) atoms.